The quantitative estimate of drug-likeness (QED) is 0.749. The van der Waals surface area contributed by atoms with E-state index in [4.69, 9.17) is 24.3 Å². The Balaban J connectivity index is 0.000000450. The number of rotatable bonds is 6. The highest BCUT2D eigenvalue weighted by Crippen LogP contribution is 2.29. The molecule has 1 aliphatic rings. The second-order valence-corrected chi connectivity index (χ2v) is 5.90. The molecule has 0 amide bonds. The number of carboxylic acids is 2. The summed E-state index contributed by atoms with van der Waals surface area (Å²) in [7, 11) is 2.16. The summed E-state index contributed by atoms with van der Waals surface area (Å²) in [6.45, 7) is 8.58. The zero-order valence-electron chi connectivity index (χ0n) is 15.1. The van der Waals surface area contributed by atoms with E-state index < -0.39 is 11.9 Å². The maximum absolute atomic E-state index is 9.10. The Morgan fingerprint density at radius 1 is 1.24 bits per heavy atom. The molecular formula is C17H27N3O5. The highest BCUT2D eigenvalue weighted by Gasteiger charge is 2.20. The largest absolute Gasteiger partial charge is 0.473 e. The second-order valence-electron chi connectivity index (χ2n) is 5.90. The van der Waals surface area contributed by atoms with Crippen LogP contribution in [0.25, 0.3) is 5.57 Å². The van der Waals surface area contributed by atoms with Crippen molar-refractivity contribution >= 4 is 23.4 Å². The molecule has 1 aromatic rings. The Labute approximate surface area is 147 Å². The number of carboxylic acid groups (broad SMARTS) is 2. The lowest BCUT2D eigenvalue weighted by atomic mass is 10.0. The summed E-state index contributed by atoms with van der Waals surface area (Å²) < 4.78 is 5.54. The molecule has 1 aliphatic heterocycles. The Bertz CT molecular complexity index is 579. The molecule has 25 heavy (non-hydrogen) atoms. The van der Waals surface area contributed by atoms with Gasteiger partial charge < -0.3 is 24.5 Å². The van der Waals surface area contributed by atoms with Gasteiger partial charge in [0.25, 0.3) is 0 Å². The summed E-state index contributed by atoms with van der Waals surface area (Å²) >= 11 is 0. The molecule has 0 aromatic carbocycles. The first-order valence-electron chi connectivity index (χ1n) is 8.44. The Morgan fingerprint density at radius 2 is 1.84 bits per heavy atom. The van der Waals surface area contributed by atoms with Crippen molar-refractivity contribution in [2.45, 2.75) is 33.1 Å². The van der Waals surface area contributed by atoms with Gasteiger partial charge in [0.15, 0.2) is 0 Å². The van der Waals surface area contributed by atoms with Crippen molar-refractivity contribution in [1.82, 2.24) is 10.1 Å². The van der Waals surface area contributed by atoms with E-state index >= 15 is 0 Å². The molecule has 2 N–H and O–H groups in total. The van der Waals surface area contributed by atoms with Crippen LogP contribution in [-0.4, -0.2) is 65.4 Å². The van der Waals surface area contributed by atoms with Gasteiger partial charge in [0, 0.05) is 26.2 Å². The fraction of sp³-hybridized carbons (Fsp3) is 0.588. The normalized spacial score (nSPS) is 14.3. The molecular weight excluding hydrogens is 326 g/mol. The maximum atomic E-state index is 9.10. The van der Waals surface area contributed by atoms with Crippen LogP contribution < -0.4 is 4.90 Å². The third-order valence-corrected chi connectivity index (χ3v) is 3.70. The van der Waals surface area contributed by atoms with Crippen molar-refractivity contribution in [2.24, 2.45) is 0 Å². The van der Waals surface area contributed by atoms with E-state index in [0.29, 0.717) is 0 Å². The molecule has 0 atom stereocenters. The van der Waals surface area contributed by atoms with Crippen LogP contribution in [0.3, 0.4) is 0 Å². The van der Waals surface area contributed by atoms with Gasteiger partial charge in [-0.15, -0.1) is 0 Å². The van der Waals surface area contributed by atoms with Crippen molar-refractivity contribution in [1.29, 1.82) is 0 Å². The monoisotopic (exact) mass is 353 g/mol. The van der Waals surface area contributed by atoms with Crippen molar-refractivity contribution in [3.8, 4) is 0 Å². The highest BCUT2D eigenvalue weighted by atomic mass is 16.5. The molecule has 0 fully saturated rings. The number of nitrogens with zero attached hydrogens (tertiary/aromatic N) is 3. The van der Waals surface area contributed by atoms with Gasteiger partial charge >= 0.3 is 11.9 Å². The molecule has 0 spiro atoms. The first kappa shape index (κ1) is 20.7. The van der Waals surface area contributed by atoms with E-state index in [0.717, 1.165) is 51.3 Å². The smallest absolute Gasteiger partial charge is 0.414 e. The van der Waals surface area contributed by atoms with Crippen LogP contribution in [0.15, 0.2) is 16.8 Å². The molecule has 8 heteroatoms. The topological polar surface area (TPSA) is 107 Å². The molecule has 2 rings (SSSR count). The second kappa shape index (κ2) is 10.5. The average Bonchev–Trinajstić information content (AvgIpc) is 3.04. The van der Waals surface area contributed by atoms with E-state index in [1.165, 1.54) is 11.1 Å². The molecule has 1 aromatic heterocycles. The van der Waals surface area contributed by atoms with Crippen LogP contribution >= 0.6 is 0 Å². The molecule has 0 unspecified atom stereocenters. The van der Waals surface area contributed by atoms with E-state index in [1.54, 1.807) is 0 Å². The van der Waals surface area contributed by atoms with Crippen LogP contribution in [0.2, 0.25) is 0 Å². The molecule has 0 saturated heterocycles. The van der Waals surface area contributed by atoms with E-state index in [-0.39, 0.29) is 0 Å². The van der Waals surface area contributed by atoms with Gasteiger partial charge in [-0.05, 0) is 31.9 Å². The molecule has 2 heterocycles. The fourth-order valence-corrected chi connectivity index (χ4v) is 2.63. The van der Waals surface area contributed by atoms with Gasteiger partial charge in [-0.2, -0.15) is 0 Å². The van der Waals surface area contributed by atoms with Gasteiger partial charge in [0.1, 0.15) is 0 Å². The standard InChI is InChI=1S/C15H25N3O.C2H2O4/c1-4-8-18(9-5-2)15-14(11-16-19-15)13-7-6-10-17(3)12-13;3-1(4)2(5)6/h7,11H,4-6,8-10,12H2,1-3H3;(H,3,4)(H,5,6). The summed E-state index contributed by atoms with van der Waals surface area (Å²) in [5.41, 5.74) is 2.52. The summed E-state index contributed by atoms with van der Waals surface area (Å²) in [5.74, 6) is -2.70. The van der Waals surface area contributed by atoms with Crippen molar-refractivity contribution in [3.63, 3.8) is 0 Å². The van der Waals surface area contributed by atoms with Crippen LogP contribution in [-0.2, 0) is 9.59 Å². The summed E-state index contributed by atoms with van der Waals surface area (Å²) in [6.07, 6.45) is 7.56. The minimum Gasteiger partial charge on any atom is -0.473 e. The SMILES string of the molecule is CCCN(CCC)c1oncc1C1=CCCN(C)C1.O=C(O)C(=O)O. The summed E-state index contributed by atoms with van der Waals surface area (Å²) in [5, 5.41) is 18.8. The van der Waals surface area contributed by atoms with Gasteiger partial charge in [0.2, 0.25) is 5.88 Å². The van der Waals surface area contributed by atoms with E-state index in [9.17, 15) is 0 Å². The van der Waals surface area contributed by atoms with Gasteiger partial charge in [-0.1, -0.05) is 25.1 Å². The van der Waals surface area contributed by atoms with Crippen molar-refractivity contribution < 1.29 is 24.3 Å². The minimum absolute atomic E-state index is 0.949. The first-order valence-corrected chi connectivity index (χ1v) is 8.44. The average molecular weight is 353 g/mol. The fourth-order valence-electron chi connectivity index (χ4n) is 2.63. The molecule has 8 nitrogen and oxygen atoms in total. The predicted octanol–water partition coefficient (Wildman–Crippen LogP) is 2.18. The molecule has 0 aliphatic carbocycles. The number of aliphatic carboxylic acids is 2. The van der Waals surface area contributed by atoms with Crippen LogP contribution in [0.4, 0.5) is 5.88 Å². The number of aromatic nitrogens is 1. The lowest BCUT2D eigenvalue weighted by Crippen LogP contribution is -2.27. The zero-order valence-corrected chi connectivity index (χ0v) is 15.1. The summed E-state index contributed by atoms with van der Waals surface area (Å²) in [6, 6.07) is 0. The first-order chi connectivity index (χ1) is 11.9. The maximum Gasteiger partial charge on any atom is 0.414 e. The minimum atomic E-state index is -1.82. The summed E-state index contributed by atoms with van der Waals surface area (Å²) in [4.78, 5) is 22.9. The van der Waals surface area contributed by atoms with E-state index in [1.807, 2.05) is 6.20 Å². The zero-order chi connectivity index (χ0) is 18.8. The number of carbonyl (C=O) groups is 2. The lowest BCUT2D eigenvalue weighted by molar-refractivity contribution is -0.159. The third-order valence-electron chi connectivity index (χ3n) is 3.70. The Morgan fingerprint density at radius 3 is 2.32 bits per heavy atom. The number of anilines is 1. The van der Waals surface area contributed by atoms with Crippen molar-refractivity contribution in [3.05, 3.63) is 17.8 Å². The van der Waals surface area contributed by atoms with E-state index in [2.05, 4.69) is 41.9 Å². The van der Waals surface area contributed by atoms with Crippen LogP contribution in [0.1, 0.15) is 38.7 Å². The van der Waals surface area contributed by atoms with Gasteiger partial charge in [-0.25, -0.2) is 9.59 Å². The molecule has 0 radical (unpaired) electrons. The predicted molar refractivity (Wildman–Crippen MR) is 94.7 cm³/mol. The lowest BCUT2D eigenvalue weighted by Gasteiger charge is -2.25. The van der Waals surface area contributed by atoms with Gasteiger partial charge in [0.05, 0.1) is 11.8 Å². The number of likely N-dealkylation sites (N-methyl/N-ethyl adjacent to an activating group) is 1. The Kier molecular flexibility index (Phi) is 8.69. The molecule has 0 saturated carbocycles. The molecule has 0 bridgehead atoms. The van der Waals surface area contributed by atoms with Crippen molar-refractivity contribution in [2.75, 3.05) is 38.1 Å². The Hall–Kier alpha value is -2.35. The van der Waals surface area contributed by atoms with Crippen LogP contribution in [0.5, 0.6) is 0 Å². The third kappa shape index (κ3) is 6.58. The van der Waals surface area contributed by atoms with Crippen LogP contribution in [0, 0.1) is 0 Å². The number of hydrogen-bond acceptors (Lipinski definition) is 6. The molecule has 140 valence electrons. The highest BCUT2D eigenvalue weighted by molar-refractivity contribution is 6.27. The van der Waals surface area contributed by atoms with Gasteiger partial charge in [-0.3, -0.25) is 0 Å². The number of hydrogen-bond donors (Lipinski definition) is 2.